The molecule has 0 saturated carbocycles. The van der Waals surface area contributed by atoms with Crippen LogP contribution in [0.1, 0.15) is 24.8 Å². The monoisotopic (exact) mass is 306 g/mol. The van der Waals surface area contributed by atoms with E-state index in [2.05, 4.69) is 5.32 Å². The highest BCUT2D eigenvalue weighted by molar-refractivity contribution is 5.78. The van der Waals surface area contributed by atoms with Crippen molar-refractivity contribution in [2.75, 3.05) is 33.9 Å². The summed E-state index contributed by atoms with van der Waals surface area (Å²) in [6.07, 6.45) is 3.73. The Morgan fingerprint density at radius 1 is 1.41 bits per heavy atom. The normalized spacial score (nSPS) is 18.2. The number of para-hydroxylation sites is 1. The molecule has 5 heteroatoms. The first kappa shape index (κ1) is 16.8. The Hall–Kier alpha value is -1.59. The van der Waals surface area contributed by atoms with Crippen LogP contribution in [-0.4, -0.2) is 50.8 Å². The van der Waals surface area contributed by atoms with Crippen molar-refractivity contribution in [1.29, 1.82) is 0 Å². The number of ether oxygens (including phenoxy) is 2. The van der Waals surface area contributed by atoms with Crippen LogP contribution in [0.2, 0.25) is 0 Å². The maximum atomic E-state index is 12.0. The third-order valence-corrected chi connectivity index (χ3v) is 3.87. The minimum Gasteiger partial charge on any atom is -0.496 e. The summed E-state index contributed by atoms with van der Waals surface area (Å²) in [6, 6.07) is 7.71. The maximum absolute atomic E-state index is 12.0. The Bertz CT molecular complexity index is 473. The van der Waals surface area contributed by atoms with Gasteiger partial charge in [-0.15, -0.1) is 0 Å². The van der Waals surface area contributed by atoms with Gasteiger partial charge < -0.3 is 14.8 Å². The van der Waals surface area contributed by atoms with E-state index < -0.39 is 0 Å². The van der Waals surface area contributed by atoms with Gasteiger partial charge in [0.05, 0.1) is 19.8 Å². The van der Waals surface area contributed by atoms with E-state index in [0.717, 1.165) is 37.3 Å². The van der Waals surface area contributed by atoms with Crippen LogP contribution >= 0.6 is 0 Å². The summed E-state index contributed by atoms with van der Waals surface area (Å²) in [7, 11) is 3.60. The summed E-state index contributed by atoms with van der Waals surface area (Å²) in [6.45, 7) is 2.52. The topological polar surface area (TPSA) is 50.8 Å². The van der Waals surface area contributed by atoms with Crippen molar-refractivity contribution >= 4 is 5.91 Å². The second-order valence-corrected chi connectivity index (χ2v) is 5.77. The van der Waals surface area contributed by atoms with Crippen molar-refractivity contribution in [3.05, 3.63) is 29.8 Å². The van der Waals surface area contributed by atoms with Gasteiger partial charge >= 0.3 is 0 Å². The zero-order valence-corrected chi connectivity index (χ0v) is 13.5. The summed E-state index contributed by atoms with van der Waals surface area (Å²) in [5.74, 6) is 0.816. The number of nitrogens with zero attached hydrogens (tertiary/aromatic N) is 1. The molecule has 1 aliphatic heterocycles. The molecule has 1 saturated heterocycles. The van der Waals surface area contributed by atoms with Gasteiger partial charge in [-0.2, -0.15) is 0 Å². The number of nitrogens with one attached hydrogen (secondary N) is 1. The Balaban J connectivity index is 1.72. The number of carbonyl (C=O) groups excluding carboxylic acids is 1. The molecule has 1 atom stereocenters. The van der Waals surface area contributed by atoms with Crippen molar-refractivity contribution in [2.45, 2.75) is 31.9 Å². The van der Waals surface area contributed by atoms with E-state index in [1.165, 1.54) is 6.42 Å². The van der Waals surface area contributed by atoms with Gasteiger partial charge in [0, 0.05) is 25.3 Å². The van der Waals surface area contributed by atoms with Crippen LogP contribution in [0, 0.1) is 0 Å². The molecule has 1 unspecified atom stereocenters. The Morgan fingerprint density at radius 2 is 2.23 bits per heavy atom. The summed E-state index contributed by atoms with van der Waals surface area (Å²) in [5, 5.41) is 2.94. The molecule has 5 nitrogen and oxygen atoms in total. The van der Waals surface area contributed by atoms with Crippen molar-refractivity contribution in [1.82, 2.24) is 10.2 Å². The zero-order chi connectivity index (χ0) is 15.8. The van der Waals surface area contributed by atoms with Crippen LogP contribution < -0.4 is 10.1 Å². The number of likely N-dealkylation sites (N-methyl/N-ethyl adjacent to an activating group) is 1. The lowest BCUT2D eigenvalue weighted by atomic mass is 10.1. The SMILES string of the molecule is COc1ccccc1CNC(=O)CN(C)CC1CCCCO1. The predicted octanol–water partition coefficient (Wildman–Crippen LogP) is 1.81. The molecule has 1 heterocycles. The number of benzene rings is 1. The second kappa shape index (κ2) is 8.76. The van der Waals surface area contributed by atoms with Gasteiger partial charge in [-0.1, -0.05) is 18.2 Å². The minimum absolute atomic E-state index is 0.0178. The number of methoxy groups -OCH3 is 1. The quantitative estimate of drug-likeness (QED) is 0.835. The molecule has 2 rings (SSSR count). The highest BCUT2D eigenvalue weighted by Crippen LogP contribution is 2.16. The average molecular weight is 306 g/mol. The maximum Gasteiger partial charge on any atom is 0.234 e. The van der Waals surface area contributed by atoms with Crippen molar-refractivity contribution < 1.29 is 14.3 Å². The van der Waals surface area contributed by atoms with Crippen molar-refractivity contribution in [3.63, 3.8) is 0 Å². The van der Waals surface area contributed by atoms with Crippen LogP contribution in [-0.2, 0) is 16.1 Å². The molecule has 22 heavy (non-hydrogen) atoms. The molecule has 1 N–H and O–H groups in total. The van der Waals surface area contributed by atoms with Gasteiger partial charge in [-0.05, 0) is 32.4 Å². The first-order valence-corrected chi connectivity index (χ1v) is 7.88. The molecule has 0 aliphatic carbocycles. The molecule has 1 amide bonds. The number of amides is 1. The van der Waals surface area contributed by atoms with E-state index in [-0.39, 0.29) is 12.0 Å². The predicted molar refractivity (Wildman–Crippen MR) is 85.9 cm³/mol. The molecule has 1 fully saturated rings. The summed E-state index contributed by atoms with van der Waals surface area (Å²) < 4.78 is 11.0. The largest absolute Gasteiger partial charge is 0.496 e. The lowest BCUT2D eigenvalue weighted by molar-refractivity contribution is -0.122. The molecule has 0 bridgehead atoms. The van der Waals surface area contributed by atoms with Gasteiger partial charge in [0.1, 0.15) is 5.75 Å². The highest BCUT2D eigenvalue weighted by Gasteiger charge is 2.17. The van der Waals surface area contributed by atoms with E-state index in [0.29, 0.717) is 13.1 Å². The lowest BCUT2D eigenvalue weighted by Gasteiger charge is -2.27. The fourth-order valence-corrected chi connectivity index (χ4v) is 2.71. The highest BCUT2D eigenvalue weighted by atomic mass is 16.5. The van der Waals surface area contributed by atoms with Crippen molar-refractivity contribution in [3.8, 4) is 5.75 Å². The standard InChI is InChI=1S/C17H26N2O3/c1-19(12-15-8-5-6-10-22-15)13-17(20)18-11-14-7-3-4-9-16(14)21-2/h3-4,7,9,15H,5-6,8,10-13H2,1-2H3,(H,18,20). The Morgan fingerprint density at radius 3 is 2.95 bits per heavy atom. The molecular formula is C17H26N2O3. The second-order valence-electron chi connectivity index (χ2n) is 5.77. The first-order valence-electron chi connectivity index (χ1n) is 7.88. The van der Waals surface area contributed by atoms with Gasteiger partial charge in [0.25, 0.3) is 0 Å². The molecule has 1 aliphatic rings. The first-order chi connectivity index (χ1) is 10.7. The molecule has 0 aromatic heterocycles. The van der Waals surface area contributed by atoms with E-state index in [9.17, 15) is 4.79 Å². The van der Waals surface area contributed by atoms with Crippen LogP contribution in [0.5, 0.6) is 5.75 Å². The Labute approximate surface area is 132 Å². The van der Waals surface area contributed by atoms with Crippen molar-refractivity contribution in [2.24, 2.45) is 0 Å². The molecular weight excluding hydrogens is 280 g/mol. The van der Waals surface area contributed by atoms with Gasteiger partial charge in [0.15, 0.2) is 0 Å². The van der Waals surface area contributed by atoms with E-state index in [1.807, 2.05) is 36.2 Å². The summed E-state index contributed by atoms with van der Waals surface area (Å²) in [5.41, 5.74) is 0.983. The van der Waals surface area contributed by atoms with E-state index in [1.54, 1.807) is 7.11 Å². The van der Waals surface area contributed by atoms with Crippen LogP contribution in [0.3, 0.4) is 0 Å². The van der Waals surface area contributed by atoms with Gasteiger partial charge in [-0.3, -0.25) is 9.69 Å². The molecule has 122 valence electrons. The Kier molecular flexibility index (Phi) is 6.68. The smallest absolute Gasteiger partial charge is 0.234 e. The minimum atomic E-state index is 0.0178. The van der Waals surface area contributed by atoms with Gasteiger partial charge in [-0.25, -0.2) is 0 Å². The number of rotatable bonds is 7. The summed E-state index contributed by atoms with van der Waals surface area (Å²) in [4.78, 5) is 14.1. The summed E-state index contributed by atoms with van der Waals surface area (Å²) >= 11 is 0. The fraction of sp³-hybridized carbons (Fsp3) is 0.588. The number of carbonyl (C=O) groups is 1. The van der Waals surface area contributed by atoms with Crippen LogP contribution in [0.4, 0.5) is 0 Å². The van der Waals surface area contributed by atoms with Crippen LogP contribution in [0.25, 0.3) is 0 Å². The third-order valence-electron chi connectivity index (χ3n) is 3.87. The van der Waals surface area contributed by atoms with Crippen LogP contribution in [0.15, 0.2) is 24.3 Å². The van der Waals surface area contributed by atoms with E-state index in [4.69, 9.17) is 9.47 Å². The molecule has 0 radical (unpaired) electrons. The molecule has 1 aromatic carbocycles. The number of hydrogen-bond acceptors (Lipinski definition) is 4. The lowest BCUT2D eigenvalue weighted by Crippen LogP contribution is -2.40. The fourth-order valence-electron chi connectivity index (χ4n) is 2.71. The average Bonchev–Trinajstić information content (AvgIpc) is 2.54. The third kappa shape index (κ3) is 5.31. The molecule has 0 spiro atoms. The van der Waals surface area contributed by atoms with E-state index >= 15 is 0 Å². The zero-order valence-electron chi connectivity index (χ0n) is 13.5. The van der Waals surface area contributed by atoms with Gasteiger partial charge in [0.2, 0.25) is 5.91 Å². The number of hydrogen-bond donors (Lipinski definition) is 1. The molecule has 1 aromatic rings.